The highest BCUT2D eigenvalue weighted by atomic mass is 16.1. The summed E-state index contributed by atoms with van der Waals surface area (Å²) in [7, 11) is 0. The quantitative estimate of drug-likeness (QED) is 0.710. The van der Waals surface area contributed by atoms with Crippen molar-refractivity contribution in [2.24, 2.45) is 0 Å². The number of hydrogen-bond donors (Lipinski definition) is 2. The lowest BCUT2D eigenvalue weighted by Crippen LogP contribution is -2.31. The largest absolute Gasteiger partial charge is 0.358 e. The fourth-order valence-electron chi connectivity index (χ4n) is 3.13. The number of H-pyrrole nitrogens is 1. The van der Waals surface area contributed by atoms with Gasteiger partial charge in [0.15, 0.2) is 6.20 Å². The second-order valence-corrected chi connectivity index (χ2v) is 6.08. The molecule has 126 valence electrons. The average Bonchev–Trinajstić information content (AvgIpc) is 3.13. The fraction of sp³-hybridized carbons (Fsp3) is 0.0952. The van der Waals surface area contributed by atoms with Gasteiger partial charge in [0.25, 0.3) is 5.91 Å². The predicted octanol–water partition coefficient (Wildman–Crippen LogP) is 3.92. The molecule has 3 aromatic rings. The number of aromatic amines is 1. The van der Waals surface area contributed by atoms with E-state index in [0.717, 1.165) is 45.8 Å². The van der Waals surface area contributed by atoms with Crippen molar-refractivity contribution in [1.29, 1.82) is 0 Å². The SMILES string of the molecule is [C-]#[N+]C=Cc1cccc(-c2cc(-c3cc4c([nH]3)CCNC4=O)ccn2)c1. The van der Waals surface area contributed by atoms with Crippen LogP contribution in [0.25, 0.3) is 33.4 Å². The Morgan fingerprint density at radius 1 is 1.15 bits per heavy atom. The highest BCUT2D eigenvalue weighted by molar-refractivity contribution is 5.97. The summed E-state index contributed by atoms with van der Waals surface area (Å²) in [5.41, 5.74) is 6.38. The van der Waals surface area contributed by atoms with E-state index in [1.807, 2.05) is 42.5 Å². The summed E-state index contributed by atoms with van der Waals surface area (Å²) < 4.78 is 0. The second-order valence-electron chi connectivity index (χ2n) is 6.08. The first kappa shape index (κ1) is 15.9. The summed E-state index contributed by atoms with van der Waals surface area (Å²) in [5, 5.41) is 2.86. The van der Waals surface area contributed by atoms with Crippen molar-refractivity contribution >= 4 is 12.0 Å². The van der Waals surface area contributed by atoms with Crippen LogP contribution in [0, 0.1) is 6.57 Å². The summed E-state index contributed by atoms with van der Waals surface area (Å²) >= 11 is 0. The number of hydrogen-bond acceptors (Lipinski definition) is 2. The number of pyridine rings is 1. The van der Waals surface area contributed by atoms with E-state index in [0.29, 0.717) is 6.54 Å². The molecule has 0 atom stereocenters. The molecule has 0 saturated carbocycles. The zero-order chi connectivity index (χ0) is 17.9. The average molecular weight is 340 g/mol. The molecule has 2 N–H and O–H groups in total. The van der Waals surface area contributed by atoms with Crippen LogP contribution >= 0.6 is 0 Å². The van der Waals surface area contributed by atoms with Crippen LogP contribution in [-0.4, -0.2) is 22.4 Å². The Morgan fingerprint density at radius 3 is 2.92 bits per heavy atom. The van der Waals surface area contributed by atoms with Crippen molar-refractivity contribution in [2.75, 3.05) is 6.54 Å². The lowest BCUT2D eigenvalue weighted by atomic mass is 10.0. The number of rotatable bonds is 3. The van der Waals surface area contributed by atoms with Gasteiger partial charge in [-0.2, -0.15) is 0 Å². The Labute approximate surface area is 151 Å². The van der Waals surface area contributed by atoms with E-state index in [1.165, 1.54) is 6.20 Å². The smallest absolute Gasteiger partial charge is 0.253 e. The number of nitrogens with one attached hydrogen (secondary N) is 2. The normalized spacial score (nSPS) is 13.3. The van der Waals surface area contributed by atoms with Crippen LogP contribution < -0.4 is 5.32 Å². The van der Waals surface area contributed by atoms with E-state index in [4.69, 9.17) is 6.57 Å². The molecule has 0 spiro atoms. The maximum Gasteiger partial charge on any atom is 0.253 e. The van der Waals surface area contributed by atoms with E-state index in [1.54, 1.807) is 12.3 Å². The van der Waals surface area contributed by atoms with Gasteiger partial charge in [0.1, 0.15) is 0 Å². The van der Waals surface area contributed by atoms with Crippen molar-refractivity contribution < 1.29 is 4.79 Å². The van der Waals surface area contributed by atoms with Crippen LogP contribution in [0.4, 0.5) is 0 Å². The first-order chi connectivity index (χ1) is 12.7. The monoisotopic (exact) mass is 340 g/mol. The van der Waals surface area contributed by atoms with Gasteiger partial charge >= 0.3 is 0 Å². The van der Waals surface area contributed by atoms with E-state index in [2.05, 4.69) is 20.1 Å². The Balaban J connectivity index is 1.71. The molecule has 26 heavy (non-hydrogen) atoms. The van der Waals surface area contributed by atoms with Gasteiger partial charge < -0.3 is 10.3 Å². The molecule has 1 aliphatic rings. The summed E-state index contributed by atoms with van der Waals surface area (Å²) in [6.07, 6.45) is 5.80. The van der Waals surface area contributed by atoms with Gasteiger partial charge in [0, 0.05) is 41.7 Å². The summed E-state index contributed by atoms with van der Waals surface area (Å²) in [6.45, 7) is 7.52. The number of amides is 1. The molecule has 0 radical (unpaired) electrons. The van der Waals surface area contributed by atoms with E-state index >= 15 is 0 Å². The molecule has 5 heteroatoms. The molecule has 1 aliphatic heterocycles. The van der Waals surface area contributed by atoms with Crippen LogP contribution in [0.3, 0.4) is 0 Å². The minimum atomic E-state index is -0.0256. The van der Waals surface area contributed by atoms with E-state index in [9.17, 15) is 4.79 Å². The number of aromatic nitrogens is 2. The van der Waals surface area contributed by atoms with Crippen LogP contribution in [0.15, 0.2) is 54.9 Å². The molecule has 0 aliphatic carbocycles. The number of nitrogens with zero attached hydrogens (tertiary/aromatic N) is 2. The molecule has 3 heterocycles. The molecule has 1 aromatic carbocycles. The second kappa shape index (κ2) is 6.69. The van der Waals surface area contributed by atoms with Crippen molar-refractivity contribution in [2.45, 2.75) is 6.42 Å². The first-order valence-electron chi connectivity index (χ1n) is 8.34. The zero-order valence-electron chi connectivity index (χ0n) is 14.0. The molecule has 0 saturated heterocycles. The Bertz CT molecular complexity index is 1060. The number of fused-ring (bicyclic) bond motifs is 1. The highest BCUT2D eigenvalue weighted by Crippen LogP contribution is 2.27. The third-order valence-corrected chi connectivity index (χ3v) is 4.40. The summed E-state index contributed by atoms with van der Waals surface area (Å²) in [6, 6.07) is 13.7. The van der Waals surface area contributed by atoms with Crippen LogP contribution in [0.1, 0.15) is 21.6 Å². The molecule has 0 fully saturated rings. The molecule has 5 nitrogen and oxygen atoms in total. The van der Waals surface area contributed by atoms with Crippen molar-refractivity contribution in [1.82, 2.24) is 15.3 Å². The highest BCUT2D eigenvalue weighted by Gasteiger charge is 2.20. The van der Waals surface area contributed by atoms with Gasteiger partial charge in [-0.05, 0) is 29.8 Å². The molecule has 2 aromatic heterocycles. The summed E-state index contributed by atoms with van der Waals surface area (Å²) in [5.74, 6) is -0.0256. The summed E-state index contributed by atoms with van der Waals surface area (Å²) in [4.78, 5) is 23.1. The Hall–Kier alpha value is -3.65. The Morgan fingerprint density at radius 2 is 2.08 bits per heavy atom. The van der Waals surface area contributed by atoms with Crippen LogP contribution in [0.2, 0.25) is 0 Å². The van der Waals surface area contributed by atoms with Crippen molar-refractivity contribution in [3.8, 4) is 22.5 Å². The molecular weight excluding hydrogens is 324 g/mol. The molecule has 4 rings (SSSR count). The van der Waals surface area contributed by atoms with E-state index < -0.39 is 0 Å². The van der Waals surface area contributed by atoms with Gasteiger partial charge in [-0.1, -0.05) is 24.3 Å². The third-order valence-electron chi connectivity index (χ3n) is 4.40. The van der Waals surface area contributed by atoms with Gasteiger partial charge in [0.05, 0.1) is 17.8 Å². The van der Waals surface area contributed by atoms with Crippen molar-refractivity contribution in [3.05, 3.63) is 83.1 Å². The number of benzene rings is 1. The topological polar surface area (TPSA) is 62.1 Å². The molecule has 1 amide bonds. The maximum absolute atomic E-state index is 12.0. The fourth-order valence-corrected chi connectivity index (χ4v) is 3.13. The molecule has 0 unspecified atom stereocenters. The molecule has 0 bridgehead atoms. The maximum atomic E-state index is 12.0. The third kappa shape index (κ3) is 3.01. The lowest BCUT2D eigenvalue weighted by Gasteiger charge is -2.10. The van der Waals surface area contributed by atoms with Crippen LogP contribution in [-0.2, 0) is 6.42 Å². The predicted molar refractivity (Wildman–Crippen MR) is 101 cm³/mol. The van der Waals surface area contributed by atoms with Gasteiger partial charge in [-0.15, -0.1) is 0 Å². The van der Waals surface area contributed by atoms with E-state index in [-0.39, 0.29) is 5.91 Å². The van der Waals surface area contributed by atoms with Crippen molar-refractivity contribution in [3.63, 3.8) is 0 Å². The van der Waals surface area contributed by atoms with Gasteiger partial charge in [-0.3, -0.25) is 9.78 Å². The van der Waals surface area contributed by atoms with Gasteiger partial charge in [-0.25, -0.2) is 4.85 Å². The molecular formula is C21H16N4O. The minimum absolute atomic E-state index is 0.0256. The number of carbonyl (C=O) groups excluding carboxylic acids is 1. The first-order valence-corrected chi connectivity index (χ1v) is 8.34. The van der Waals surface area contributed by atoms with Gasteiger partial charge in [0.2, 0.25) is 0 Å². The number of carbonyl (C=O) groups is 1. The standard InChI is InChI=1S/C21H16N4O/c1-22-8-5-14-3-2-4-15(11-14)19-12-16(6-9-23-19)20-13-17-18(25-20)7-10-24-21(17)26/h2-6,8-9,11-13,25H,7,10H2,(H,24,26). The lowest BCUT2D eigenvalue weighted by molar-refractivity contribution is 0.0946. The van der Waals surface area contributed by atoms with Crippen LogP contribution in [0.5, 0.6) is 0 Å². The Kier molecular flexibility index (Phi) is 4.08. The zero-order valence-corrected chi connectivity index (χ0v) is 14.0. The minimum Gasteiger partial charge on any atom is -0.358 e.